The van der Waals surface area contributed by atoms with Crippen LogP contribution in [0.4, 0.5) is 5.69 Å². The van der Waals surface area contributed by atoms with Crippen LogP contribution in [0.3, 0.4) is 0 Å². The van der Waals surface area contributed by atoms with E-state index in [9.17, 15) is 0 Å². The van der Waals surface area contributed by atoms with Crippen LogP contribution in [0.1, 0.15) is 13.8 Å². The maximum atomic E-state index is 5.57. The Balaban J connectivity index is 3.01. The van der Waals surface area contributed by atoms with E-state index in [-0.39, 0.29) is 5.11 Å². The van der Waals surface area contributed by atoms with E-state index in [0.717, 1.165) is 11.4 Å². The molecule has 14 heavy (non-hydrogen) atoms. The van der Waals surface area contributed by atoms with Gasteiger partial charge in [0.25, 0.3) is 0 Å². The van der Waals surface area contributed by atoms with Gasteiger partial charge in [-0.25, -0.2) is 5.01 Å². The van der Waals surface area contributed by atoms with Gasteiger partial charge in [-0.3, -0.25) is 0 Å². The zero-order valence-corrected chi connectivity index (χ0v) is 9.08. The number of benzene rings is 1. The minimum Gasteiger partial charge on any atom is -0.374 e. The number of rotatable bonds is 2. The molecule has 4 heteroatoms. The van der Waals surface area contributed by atoms with Crippen LogP contribution in [0.5, 0.6) is 0 Å². The van der Waals surface area contributed by atoms with E-state index >= 15 is 0 Å². The average Bonchev–Trinajstić information content (AvgIpc) is 2.15. The second-order valence-electron chi connectivity index (χ2n) is 3.03. The third-order valence-corrected chi connectivity index (χ3v) is 1.68. The fourth-order valence-corrected chi connectivity index (χ4v) is 1.15. The second-order valence-corrected chi connectivity index (χ2v) is 3.45. The fraction of sp³-hybridized carbons (Fsp3) is 0.200. The molecule has 0 aliphatic carbocycles. The standard InChI is InChI=1S/C10H13N3S/c1-8(2)12-13(10(11)14)9-6-4-3-5-7-9/h3-7H,1-2H3,(H2,11,14). The highest BCUT2D eigenvalue weighted by molar-refractivity contribution is 7.80. The maximum absolute atomic E-state index is 5.57. The molecule has 0 heterocycles. The molecular weight excluding hydrogens is 194 g/mol. The zero-order valence-electron chi connectivity index (χ0n) is 8.27. The lowest BCUT2D eigenvalue weighted by atomic mass is 10.3. The van der Waals surface area contributed by atoms with Gasteiger partial charge in [0.1, 0.15) is 0 Å². The summed E-state index contributed by atoms with van der Waals surface area (Å²) < 4.78 is 0. The Labute approximate surface area is 89.2 Å². The van der Waals surface area contributed by atoms with Crippen LogP contribution in [0.15, 0.2) is 35.4 Å². The number of nitrogens with zero attached hydrogens (tertiary/aromatic N) is 2. The van der Waals surface area contributed by atoms with Gasteiger partial charge >= 0.3 is 0 Å². The lowest BCUT2D eigenvalue weighted by molar-refractivity contribution is 1.12. The van der Waals surface area contributed by atoms with Gasteiger partial charge in [-0.2, -0.15) is 5.10 Å². The van der Waals surface area contributed by atoms with Gasteiger partial charge in [-0.15, -0.1) is 0 Å². The Hall–Kier alpha value is -1.42. The van der Waals surface area contributed by atoms with Crippen molar-refractivity contribution in [2.75, 3.05) is 5.01 Å². The topological polar surface area (TPSA) is 41.6 Å². The number of para-hydroxylation sites is 1. The Morgan fingerprint density at radius 2 is 1.86 bits per heavy atom. The molecule has 0 fully saturated rings. The van der Waals surface area contributed by atoms with Crippen molar-refractivity contribution >= 4 is 28.7 Å². The van der Waals surface area contributed by atoms with Crippen molar-refractivity contribution < 1.29 is 0 Å². The maximum Gasteiger partial charge on any atom is 0.191 e. The van der Waals surface area contributed by atoms with Crippen LogP contribution in [-0.4, -0.2) is 10.8 Å². The number of hydrogen-bond donors (Lipinski definition) is 1. The van der Waals surface area contributed by atoms with Crippen molar-refractivity contribution in [3.05, 3.63) is 30.3 Å². The molecule has 0 aliphatic rings. The number of anilines is 1. The van der Waals surface area contributed by atoms with Crippen LogP contribution < -0.4 is 10.7 Å². The molecule has 0 atom stereocenters. The van der Waals surface area contributed by atoms with Crippen LogP contribution in [0, 0.1) is 0 Å². The summed E-state index contributed by atoms with van der Waals surface area (Å²) in [7, 11) is 0. The Bertz CT molecular complexity index is 342. The summed E-state index contributed by atoms with van der Waals surface area (Å²) in [5, 5.41) is 6.02. The fourth-order valence-electron chi connectivity index (χ4n) is 1.00. The van der Waals surface area contributed by atoms with Gasteiger partial charge in [-0.05, 0) is 38.2 Å². The SMILES string of the molecule is CC(C)=NN(C(N)=S)c1ccccc1. The molecule has 0 unspecified atom stereocenters. The summed E-state index contributed by atoms with van der Waals surface area (Å²) in [4.78, 5) is 0. The third kappa shape index (κ3) is 2.81. The van der Waals surface area contributed by atoms with E-state index in [1.807, 2.05) is 44.2 Å². The van der Waals surface area contributed by atoms with Crippen molar-refractivity contribution in [2.24, 2.45) is 10.8 Å². The first-order valence-electron chi connectivity index (χ1n) is 4.27. The predicted molar refractivity (Wildman–Crippen MR) is 64.5 cm³/mol. The van der Waals surface area contributed by atoms with E-state index in [4.69, 9.17) is 18.0 Å². The van der Waals surface area contributed by atoms with Crippen LogP contribution in [0.2, 0.25) is 0 Å². The van der Waals surface area contributed by atoms with Gasteiger partial charge in [0.05, 0.1) is 5.69 Å². The normalized spacial score (nSPS) is 9.29. The number of hydrogen-bond acceptors (Lipinski definition) is 2. The molecule has 0 saturated heterocycles. The highest BCUT2D eigenvalue weighted by Crippen LogP contribution is 2.13. The van der Waals surface area contributed by atoms with Crippen LogP contribution >= 0.6 is 12.2 Å². The predicted octanol–water partition coefficient (Wildman–Crippen LogP) is 2.13. The first-order valence-corrected chi connectivity index (χ1v) is 4.68. The molecule has 0 aromatic heterocycles. The van der Waals surface area contributed by atoms with E-state index in [1.165, 1.54) is 0 Å². The summed E-state index contributed by atoms with van der Waals surface area (Å²) in [6, 6.07) is 9.59. The summed E-state index contributed by atoms with van der Waals surface area (Å²) >= 11 is 4.91. The summed E-state index contributed by atoms with van der Waals surface area (Å²) in [6.07, 6.45) is 0. The highest BCUT2D eigenvalue weighted by Gasteiger charge is 2.06. The molecule has 2 N–H and O–H groups in total. The van der Waals surface area contributed by atoms with E-state index in [1.54, 1.807) is 5.01 Å². The lowest BCUT2D eigenvalue weighted by Crippen LogP contribution is -2.31. The summed E-state index contributed by atoms with van der Waals surface area (Å²) in [5.41, 5.74) is 7.35. The van der Waals surface area contributed by atoms with E-state index in [2.05, 4.69) is 5.10 Å². The number of thiocarbonyl (C=S) groups is 1. The Kier molecular flexibility index (Phi) is 3.59. The lowest BCUT2D eigenvalue weighted by Gasteiger charge is -2.17. The second kappa shape index (κ2) is 4.72. The molecule has 0 bridgehead atoms. The molecule has 1 aromatic carbocycles. The number of hydrazone groups is 1. The van der Waals surface area contributed by atoms with Crippen molar-refractivity contribution in [3.63, 3.8) is 0 Å². The highest BCUT2D eigenvalue weighted by atomic mass is 32.1. The van der Waals surface area contributed by atoms with E-state index in [0.29, 0.717) is 0 Å². The zero-order chi connectivity index (χ0) is 10.6. The van der Waals surface area contributed by atoms with Gasteiger partial charge in [0, 0.05) is 5.71 Å². The largest absolute Gasteiger partial charge is 0.374 e. The molecule has 1 rings (SSSR count). The molecule has 0 spiro atoms. The molecular formula is C10H13N3S. The first kappa shape index (κ1) is 10.7. The van der Waals surface area contributed by atoms with Gasteiger partial charge in [0.15, 0.2) is 5.11 Å². The minimum atomic E-state index is 0.248. The molecule has 0 amide bonds. The van der Waals surface area contributed by atoms with Crippen molar-refractivity contribution in [3.8, 4) is 0 Å². The number of nitrogens with two attached hydrogens (primary N) is 1. The molecule has 0 saturated carbocycles. The van der Waals surface area contributed by atoms with Gasteiger partial charge in [0.2, 0.25) is 0 Å². The minimum absolute atomic E-state index is 0.248. The van der Waals surface area contributed by atoms with Crippen molar-refractivity contribution in [2.45, 2.75) is 13.8 Å². The van der Waals surface area contributed by atoms with Crippen molar-refractivity contribution in [1.82, 2.24) is 0 Å². The monoisotopic (exact) mass is 207 g/mol. The van der Waals surface area contributed by atoms with E-state index < -0.39 is 0 Å². The Morgan fingerprint density at radius 3 is 2.29 bits per heavy atom. The quantitative estimate of drug-likeness (QED) is 0.459. The Morgan fingerprint density at radius 1 is 1.29 bits per heavy atom. The smallest absolute Gasteiger partial charge is 0.191 e. The van der Waals surface area contributed by atoms with Crippen LogP contribution in [-0.2, 0) is 0 Å². The summed E-state index contributed by atoms with van der Waals surface area (Å²) in [6.45, 7) is 3.79. The summed E-state index contributed by atoms with van der Waals surface area (Å²) in [5.74, 6) is 0. The third-order valence-electron chi connectivity index (χ3n) is 1.51. The van der Waals surface area contributed by atoms with Crippen molar-refractivity contribution in [1.29, 1.82) is 0 Å². The molecule has 0 radical (unpaired) electrons. The average molecular weight is 207 g/mol. The molecule has 0 aliphatic heterocycles. The van der Waals surface area contributed by atoms with Crippen LogP contribution in [0.25, 0.3) is 0 Å². The first-order chi connectivity index (χ1) is 6.61. The molecule has 3 nitrogen and oxygen atoms in total. The molecule has 1 aromatic rings. The van der Waals surface area contributed by atoms with Gasteiger partial charge in [-0.1, -0.05) is 18.2 Å². The molecule has 74 valence electrons. The van der Waals surface area contributed by atoms with Gasteiger partial charge < -0.3 is 5.73 Å².